The van der Waals surface area contributed by atoms with E-state index in [9.17, 15) is 13.2 Å². The van der Waals surface area contributed by atoms with Gasteiger partial charge >= 0.3 is 0 Å². The van der Waals surface area contributed by atoms with Gasteiger partial charge in [0, 0.05) is 41.7 Å². The second kappa shape index (κ2) is 6.86. The number of nitrogen functional groups attached to an aromatic ring is 1. The van der Waals surface area contributed by atoms with E-state index in [-0.39, 0.29) is 5.91 Å². The molecule has 1 atom stereocenters. The van der Waals surface area contributed by atoms with Gasteiger partial charge in [-0.1, -0.05) is 0 Å². The van der Waals surface area contributed by atoms with Crippen LogP contribution in [0.15, 0.2) is 18.3 Å². The molecule has 0 spiro atoms. The monoisotopic (exact) mass is 340 g/mol. The Balaban J connectivity index is 2.29. The lowest BCUT2D eigenvalue weighted by atomic mass is 10.1. The number of nitrogens with two attached hydrogens (primary N) is 1. The lowest BCUT2D eigenvalue weighted by Crippen LogP contribution is -2.44. The number of hydrogen-bond acceptors (Lipinski definition) is 6. The third kappa shape index (κ3) is 3.81. The quantitative estimate of drug-likeness (QED) is 0.748. The van der Waals surface area contributed by atoms with Crippen LogP contribution in [0.2, 0.25) is 0 Å². The van der Waals surface area contributed by atoms with Crippen LogP contribution in [0.5, 0.6) is 0 Å². The second-order valence-electron chi connectivity index (χ2n) is 4.86. The van der Waals surface area contributed by atoms with Crippen LogP contribution in [0.1, 0.15) is 4.88 Å². The molecule has 0 saturated heterocycles. The Hall–Kier alpha value is -1.97. The summed E-state index contributed by atoms with van der Waals surface area (Å²) in [7, 11) is 0.870. The maximum Gasteiger partial charge on any atom is 0.239 e. The molecule has 2 aromatic heterocycles. The third-order valence-electron chi connectivity index (χ3n) is 3.04. The summed E-state index contributed by atoms with van der Waals surface area (Å²) in [4.78, 5) is 18.5. The van der Waals surface area contributed by atoms with Crippen molar-refractivity contribution in [2.45, 2.75) is 12.5 Å². The van der Waals surface area contributed by atoms with Gasteiger partial charge in [0.15, 0.2) is 0 Å². The number of fused-ring (bicyclic) bond motifs is 1. The molecule has 2 rings (SSSR count). The summed E-state index contributed by atoms with van der Waals surface area (Å²) in [5.74, 6) is 0.237. The maximum atomic E-state index is 12.2. The van der Waals surface area contributed by atoms with E-state index in [0.29, 0.717) is 12.2 Å². The number of nitrogens with zero attached hydrogens (tertiary/aromatic N) is 2. The molecule has 0 aliphatic carbocycles. The van der Waals surface area contributed by atoms with Gasteiger partial charge in [-0.2, -0.15) is 8.42 Å². The normalized spacial score (nSPS) is 12.1. The van der Waals surface area contributed by atoms with Gasteiger partial charge in [0.1, 0.15) is 11.3 Å². The summed E-state index contributed by atoms with van der Waals surface area (Å²) in [6.07, 6.45) is 2.00. The van der Waals surface area contributed by atoms with Crippen molar-refractivity contribution < 1.29 is 13.2 Å². The smallest absolute Gasteiger partial charge is 0.239 e. The number of carbonyl (C=O) groups excluding carboxylic acids is 1. The van der Waals surface area contributed by atoms with Crippen molar-refractivity contribution in [2.24, 2.45) is 0 Å². The topological polar surface area (TPSA) is 105 Å². The zero-order chi connectivity index (χ0) is 16.3. The summed E-state index contributed by atoms with van der Waals surface area (Å²) >= 11 is 1.50. The number of rotatable bonds is 5. The first-order chi connectivity index (χ1) is 10.4. The first kappa shape index (κ1) is 16.4. The Bertz CT molecular complexity index is 819. The van der Waals surface area contributed by atoms with Gasteiger partial charge in [-0.05, 0) is 12.1 Å². The molecule has 0 radical (unpaired) electrons. The molecule has 7 nitrogen and oxygen atoms in total. The highest BCUT2D eigenvalue weighted by Gasteiger charge is 2.21. The number of aromatic nitrogens is 1. The van der Waals surface area contributed by atoms with Crippen LogP contribution in [-0.4, -0.2) is 49.8 Å². The molecule has 0 saturated carbocycles. The van der Waals surface area contributed by atoms with Crippen LogP contribution < -0.4 is 11.1 Å². The number of nitrogens with one attached hydrogen (secondary N) is 1. The summed E-state index contributed by atoms with van der Waals surface area (Å²) in [6.45, 7) is 0. The van der Waals surface area contributed by atoms with Gasteiger partial charge in [0.05, 0.1) is 6.04 Å². The van der Waals surface area contributed by atoms with Crippen molar-refractivity contribution in [3.8, 4) is 0 Å². The van der Waals surface area contributed by atoms with Crippen molar-refractivity contribution >= 4 is 48.9 Å². The van der Waals surface area contributed by atoms with E-state index in [1.807, 2.05) is 12.1 Å². The summed E-state index contributed by atoms with van der Waals surface area (Å²) in [6, 6.07) is 3.08. The van der Waals surface area contributed by atoms with Gasteiger partial charge in [-0.25, -0.2) is 4.98 Å². The summed E-state index contributed by atoms with van der Waals surface area (Å²) < 4.78 is 22.3. The zero-order valence-electron chi connectivity index (χ0n) is 12.1. The fraction of sp³-hybridized carbons (Fsp3) is 0.308. The molecule has 2 aromatic rings. The van der Waals surface area contributed by atoms with Crippen LogP contribution >= 0.6 is 11.3 Å². The highest BCUT2D eigenvalue weighted by molar-refractivity contribution is 7.71. The lowest BCUT2D eigenvalue weighted by Gasteiger charge is -2.19. The number of hydrogen-bond donors (Lipinski definition) is 2. The van der Waals surface area contributed by atoms with E-state index in [2.05, 4.69) is 10.3 Å². The van der Waals surface area contributed by atoms with Crippen molar-refractivity contribution in [3.05, 3.63) is 23.2 Å². The van der Waals surface area contributed by atoms with Gasteiger partial charge in [0.25, 0.3) is 0 Å². The second-order valence-corrected chi connectivity index (χ2v) is 6.78. The standard InChI is InChI=1S/C13H16N4O3S2/c1-17(2)13(18)10(16-7-22(19)20)6-8-5-9-11(21-8)3-4-15-12(9)14/h3-5,7,10,16H,6H2,1-2H3,(H2,14,15). The first-order valence-electron chi connectivity index (χ1n) is 6.40. The van der Waals surface area contributed by atoms with Crippen LogP contribution in [0, 0.1) is 0 Å². The average molecular weight is 340 g/mol. The molecule has 9 heteroatoms. The molecule has 1 amide bonds. The van der Waals surface area contributed by atoms with Crippen LogP contribution in [0.3, 0.4) is 0 Å². The number of pyridine rings is 1. The van der Waals surface area contributed by atoms with Gasteiger partial charge in [-0.3, -0.25) is 10.1 Å². The Kier molecular flexibility index (Phi) is 5.11. The van der Waals surface area contributed by atoms with E-state index in [4.69, 9.17) is 5.73 Å². The summed E-state index contributed by atoms with van der Waals surface area (Å²) in [5.41, 5.74) is 6.71. The molecular weight excluding hydrogens is 324 g/mol. The lowest BCUT2D eigenvalue weighted by molar-refractivity contribution is -0.130. The van der Waals surface area contributed by atoms with Crippen LogP contribution in [0.25, 0.3) is 10.1 Å². The predicted octanol–water partition coefficient (Wildman–Crippen LogP) is 0.106. The van der Waals surface area contributed by atoms with Gasteiger partial charge < -0.3 is 10.6 Å². The van der Waals surface area contributed by atoms with Crippen molar-refractivity contribution in [2.75, 3.05) is 19.8 Å². The third-order valence-corrected chi connectivity index (χ3v) is 4.49. The Morgan fingerprint density at radius 2 is 2.27 bits per heavy atom. The highest BCUT2D eigenvalue weighted by atomic mass is 32.2. The Labute approximate surface area is 133 Å². The molecule has 118 valence electrons. The first-order valence-corrected chi connectivity index (χ1v) is 8.35. The van der Waals surface area contributed by atoms with Crippen LogP contribution in [-0.2, 0) is 21.5 Å². The van der Waals surface area contributed by atoms with Crippen molar-refractivity contribution in [1.82, 2.24) is 15.2 Å². The van der Waals surface area contributed by atoms with Crippen molar-refractivity contribution in [3.63, 3.8) is 0 Å². The average Bonchev–Trinajstić information content (AvgIpc) is 2.86. The molecule has 2 heterocycles. The molecule has 0 bridgehead atoms. The van der Waals surface area contributed by atoms with Crippen molar-refractivity contribution in [1.29, 1.82) is 0 Å². The predicted molar refractivity (Wildman–Crippen MR) is 88.3 cm³/mol. The molecule has 1 unspecified atom stereocenters. The van der Waals surface area contributed by atoms with E-state index >= 15 is 0 Å². The minimum absolute atomic E-state index is 0.203. The number of likely N-dealkylation sites (N-methyl/N-ethyl adjacent to an activating group) is 1. The fourth-order valence-corrected chi connectivity index (χ4v) is 3.39. The molecular formula is C13H16N4O3S2. The SMILES string of the molecule is CN(C)C(=O)C(Cc1cc2c(N)nccc2s1)NC=S(=O)=O. The van der Waals surface area contributed by atoms with E-state index < -0.39 is 16.3 Å². The minimum Gasteiger partial charge on any atom is -0.383 e. The number of carbonyl (C=O) groups is 1. The number of thiophene rings is 1. The maximum absolute atomic E-state index is 12.2. The summed E-state index contributed by atoms with van der Waals surface area (Å²) in [5, 5.41) is 3.48. The number of amides is 1. The van der Waals surface area contributed by atoms with Gasteiger partial charge in [-0.15, -0.1) is 11.3 Å². The zero-order valence-corrected chi connectivity index (χ0v) is 13.7. The Morgan fingerprint density at radius 3 is 2.86 bits per heavy atom. The number of anilines is 1. The van der Waals surface area contributed by atoms with E-state index in [1.54, 1.807) is 20.3 Å². The van der Waals surface area contributed by atoms with E-state index in [0.717, 1.165) is 20.5 Å². The molecule has 0 aliphatic heterocycles. The minimum atomic E-state index is -2.38. The molecule has 22 heavy (non-hydrogen) atoms. The molecule has 0 fully saturated rings. The Morgan fingerprint density at radius 1 is 1.55 bits per heavy atom. The largest absolute Gasteiger partial charge is 0.383 e. The van der Waals surface area contributed by atoms with E-state index in [1.165, 1.54) is 16.2 Å². The van der Waals surface area contributed by atoms with Gasteiger partial charge in [0.2, 0.25) is 16.2 Å². The van der Waals surface area contributed by atoms with Crippen LogP contribution in [0.4, 0.5) is 5.82 Å². The molecule has 0 aliphatic rings. The molecule has 0 aromatic carbocycles. The highest BCUT2D eigenvalue weighted by Crippen LogP contribution is 2.29. The molecule has 3 N–H and O–H groups in total. The fourth-order valence-electron chi connectivity index (χ4n) is 2.01.